The standard InChI is InChI=1S/C18H30N2O/c1-3-16-8-7-12-20(14-16)13-11-18(15-21,19-2)17-9-5-4-6-10-17/h4-6,9-10,16,19,21H,3,7-8,11-15H2,1-2H3. The molecule has 118 valence electrons. The number of rotatable bonds is 7. The van der Waals surface area contributed by atoms with E-state index < -0.39 is 0 Å². The van der Waals surface area contributed by atoms with Crippen molar-refractivity contribution in [3.05, 3.63) is 35.9 Å². The van der Waals surface area contributed by atoms with E-state index in [1.54, 1.807) is 0 Å². The largest absolute Gasteiger partial charge is 0.394 e. The second-order valence-corrected chi connectivity index (χ2v) is 6.32. The quantitative estimate of drug-likeness (QED) is 0.810. The Morgan fingerprint density at radius 1 is 1.33 bits per heavy atom. The number of hydrogen-bond donors (Lipinski definition) is 2. The summed E-state index contributed by atoms with van der Waals surface area (Å²) < 4.78 is 0. The van der Waals surface area contributed by atoms with Crippen LogP contribution in [0, 0.1) is 5.92 Å². The summed E-state index contributed by atoms with van der Waals surface area (Å²) in [6.45, 7) is 5.90. The minimum atomic E-state index is -0.319. The molecule has 2 rings (SSSR count). The molecule has 0 aliphatic carbocycles. The van der Waals surface area contributed by atoms with Gasteiger partial charge in [-0.25, -0.2) is 0 Å². The van der Waals surface area contributed by atoms with Crippen LogP contribution in [0.25, 0.3) is 0 Å². The van der Waals surface area contributed by atoms with Gasteiger partial charge in [-0.15, -0.1) is 0 Å². The zero-order valence-electron chi connectivity index (χ0n) is 13.5. The van der Waals surface area contributed by atoms with Crippen molar-refractivity contribution in [3.8, 4) is 0 Å². The number of nitrogens with one attached hydrogen (secondary N) is 1. The van der Waals surface area contributed by atoms with Gasteiger partial charge in [0.1, 0.15) is 0 Å². The lowest BCUT2D eigenvalue weighted by Gasteiger charge is -2.37. The summed E-state index contributed by atoms with van der Waals surface area (Å²) in [5.41, 5.74) is 0.861. The van der Waals surface area contributed by atoms with Crippen LogP contribution in [0.3, 0.4) is 0 Å². The maximum atomic E-state index is 9.98. The number of aliphatic hydroxyl groups excluding tert-OH is 1. The number of likely N-dealkylation sites (N-methyl/N-ethyl adjacent to an activating group) is 1. The topological polar surface area (TPSA) is 35.5 Å². The molecule has 1 heterocycles. The number of nitrogens with zero attached hydrogens (tertiary/aromatic N) is 1. The lowest BCUT2D eigenvalue weighted by molar-refractivity contribution is 0.117. The maximum Gasteiger partial charge on any atom is 0.0678 e. The van der Waals surface area contributed by atoms with E-state index in [0.717, 1.165) is 18.9 Å². The van der Waals surface area contributed by atoms with Gasteiger partial charge in [-0.2, -0.15) is 0 Å². The molecule has 1 saturated heterocycles. The molecule has 1 aliphatic heterocycles. The Kier molecular flexibility index (Phi) is 6.22. The Morgan fingerprint density at radius 3 is 2.71 bits per heavy atom. The van der Waals surface area contributed by atoms with Crippen LogP contribution in [0.2, 0.25) is 0 Å². The Bertz CT molecular complexity index is 403. The Balaban J connectivity index is 2.00. The second-order valence-electron chi connectivity index (χ2n) is 6.32. The summed E-state index contributed by atoms with van der Waals surface area (Å²) in [4.78, 5) is 2.57. The van der Waals surface area contributed by atoms with Crippen LogP contribution in [-0.2, 0) is 5.54 Å². The van der Waals surface area contributed by atoms with E-state index in [1.165, 1.54) is 37.9 Å². The fraction of sp³-hybridized carbons (Fsp3) is 0.667. The highest BCUT2D eigenvalue weighted by atomic mass is 16.3. The van der Waals surface area contributed by atoms with E-state index in [9.17, 15) is 5.11 Å². The first kappa shape index (κ1) is 16.5. The molecule has 3 nitrogen and oxygen atoms in total. The molecule has 21 heavy (non-hydrogen) atoms. The van der Waals surface area contributed by atoms with Crippen LogP contribution < -0.4 is 5.32 Å². The first-order valence-corrected chi connectivity index (χ1v) is 8.31. The van der Waals surface area contributed by atoms with Gasteiger partial charge in [-0.1, -0.05) is 43.7 Å². The fourth-order valence-corrected chi connectivity index (χ4v) is 3.46. The van der Waals surface area contributed by atoms with Gasteiger partial charge in [0.05, 0.1) is 12.1 Å². The third-order valence-electron chi connectivity index (χ3n) is 5.11. The van der Waals surface area contributed by atoms with Crippen molar-refractivity contribution in [2.45, 2.75) is 38.1 Å². The minimum absolute atomic E-state index is 0.137. The zero-order chi connectivity index (χ0) is 15.1. The third kappa shape index (κ3) is 4.06. The lowest BCUT2D eigenvalue weighted by Crippen LogP contribution is -2.47. The number of piperidine rings is 1. The van der Waals surface area contributed by atoms with Crippen LogP contribution in [0.1, 0.15) is 38.2 Å². The van der Waals surface area contributed by atoms with Crippen molar-refractivity contribution in [3.63, 3.8) is 0 Å². The van der Waals surface area contributed by atoms with Crippen LogP contribution in [0.5, 0.6) is 0 Å². The summed E-state index contributed by atoms with van der Waals surface area (Å²) in [7, 11) is 1.95. The van der Waals surface area contributed by atoms with Gasteiger partial charge >= 0.3 is 0 Å². The normalized spacial score (nSPS) is 22.9. The zero-order valence-corrected chi connectivity index (χ0v) is 13.5. The average Bonchev–Trinajstić information content (AvgIpc) is 2.57. The molecular weight excluding hydrogens is 260 g/mol. The molecule has 3 heteroatoms. The van der Waals surface area contributed by atoms with Crippen molar-refractivity contribution < 1.29 is 5.11 Å². The Labute approximate surface area is 129 Å². The SMILES string of the molecule is CCC1CCCN(CCC(CO)(NC)c2ccccc2)C1. The van der Waals surface area contributed by atoms with Gasteiger partial charge in [0.2, 0.25) is 0 Å². The van der Waals surface area contributed by atoms with E-state index >= 15 is 0 Å². The van der Waals surface area contributed by atoms with Crippen molar-refractivity contribution in [2.75, 3.05) is 33.3 Å². The Hall–Kier alpha value is -0.900. The maximum absolute atomic E-state index is 9.98. The molecule has 0 spiro atoms. The van der Waals surface area contributed by atoms with E-state index in [-0.39, 0.29) is 12.1 Å². The first-order chi connectivity index (χ1) is 10.2. The van der Waals surface area contributed by atoms with Gasteiger partial charge in [-0.05, 0) is 44.3 Å². The van der Waals surface area contributed by atoms with E-state index in [4.69, 9.17) is 0 Å². The van der Waals surface area contributed by atoms with Gasteiger partial charge < -0.3 is 15.3 Å². The van der Waals surface area contributed by atoms with E-state index in [2.05, 4.69) is 29.3 Å². The smallest absolute Gasteiger partial charge is 0.0678 e. The second kappa shape index (κ2) is 7.92. The van der Waals surface area contributed by atoms with Gasteiger partial charge in [-0.3, -0.25) is 0 Å². The van der Waals surface area contributed by atoms with Crippen LogP contribution >= 0.6 is 0 Å². The summed E-state index contributed by atoms with van der Waals surface area (Å²) >= 11 is 0. The molecule has 0 saturated carbocycles. The number of aliphatic hydroxyl groups is 1. The van der Waals surface area contributed by atoms with Gasteiger partial charge in [0, 0.05) is 13.1 Å². The predicted molar refractivity (Wildman–Crippen MR) is 88.3 cm³/mol. The van der Waals surface area contributed by atoms with E-state index in [1.807, 2.05) is 25.2 Å². The summed E-state index contributed by atoms with van der Waals surface area (Å²) in [6.07, 6.45) is 4.92. The number of likely N-dealkylation sites (tertiary alicyclic amines) is 1. The molecule has 2 atom stereocenters. The molecule has 1 aliphatic rings. The van der Waals surface area contributed by atoms with Crippen LogP contribution in [-0.4, -0.2) is 43.3 Å². The predicted octanol–water partition coefficient (Wildman–Crippen LogP) is 2.61. The van der Waals surface area contributed by atoms with Gasteiger partial charge in [0.15, 0.2) is 0 Å². The highest BCUT2D eigenvalue weighted by Crippen LogP contribution is 2.26. The van der Waals surface area contributed by atoms with Crippen molar-refractivity contribution >= 4 is 0 Å². The van der Waals surface area contributed by atoms with E-state index in [0.29, 0.717) is 0 Å². The highest BCUT2D eigenvalue weighted by molar-refractivity contribution is 5.24. The monoisotopic (exact) mass is 290 g/mol. The summed E-state index contributed by atoms with van der Waals surface area (Å²) in [5, 5.41) is 13.3. The molecule has 0 bridgehead atoms. The average molecular weight is 290 g/mol. The van der Waals surface area contributed by atoms with Crippen LogP contribution in [0.4, 0.5) is 0 Å². The molecule has 1 fully saturated rings. The molecule has 1 aromatic rings. The fourth-order valence-electron chi connectivity index (χ4n) is 3.46. The Morgan fingerprint density at radius 2 is 2.10 bits per heavy atom. The molecule has 2 unspecified atom stereocenters. The molecule has 0 radical (unpaired) electrons. The third-order valence-corrected chi connectivity index (χ3v) is 5.11. The summed E-state index contributed by atoms with van der Waals surface area (Å²) in [6, 6.07) is 10.3. The molecule has 0 aromatic heterocycles. The van der Waals surface area contributed by atoms with Crippen molar-refractivity contribution in [1.29, 1.82) is 0 Å². The molecular formula is C18H30N2O. The first-order valence-electron chi connectivity index (χ1n) is 8.31. The minimum Gasteiger partial charge on any atom is -0.394 e. The van der Waals surface area contributed by atoms with Gasteiger partial charge in [0.25, 0.3) is 0 Å². The molecule has 2 N–H and O–H groups in total. The van der Waals surface area contributed by atoms with Crippen molar-refractivity contribution in [2.24, 2.45) is 5.92 Å². The molecule has 0 amide bonds. The number of hydrogen-bond acceptors (Lipinski definition) is 3. The number of benzene rings is 1. The highest BCUT2D eigenvalue weighted by Gasteiger charge is 2.30. The lowest BCUT2D eigenvalue weighted by atomic mass is 9.86. The van der Waals surface area contributed by atoms with Crippen LogP contribution in [0.15, 0.2) is 30.3 Å². The summed E-state index contributed by atoms with van der Waals surface area (Å²) in [5.74, 6) is 0.855. The van der Waals surface area contributed by atoms with Crippen molar-refractivity contribution in [1.82, 2.24) is 10.2 Å². The molecule has 1 aromatic carbocycles.